The summed E-state index contributed by atoms with van der Waals surface area (Å²) in [5.74, 6) is 3.51. The van der Waals surface area contributed by atoms with Crippen molar-refractivity contribution in [3.63, 3.8) is 0 Å². The molecule has 1 aromatic heterocycles. The fourth-order valence-corrected chi connectivity index (χ4v) is 2.83. The molecule has 0 spiro atoms. The molecule has 1 fully saturated rings. The van der Waals surface area contributed by atoms with Crippen LogP contribution >= 0.6 is 0 Å². The third-order valence-corrected chi connectivity index (χ3v) is 3.87. The smallest absolute Gasteiger partial charge is 0.154 e. The number of aromatic nitrogens is 3. The number of piperidine rings is 1. The van der Waals surface area contributed by atoms with Crippen LogP contribution in [0.4, 0.5) is 0 Å². The molecule has 4 heteroatoms. The molecule has 0 saturated carbocycles. The maximum Gasteiger partial charge on any atom is 0.154 e. The van der Waals surface area contributed by atoms with Crippen molar-refractivity contribution in [3.8, 4) is 0 Å². The Balaban J connectivity index is 1.85. The Kier molecular flexibility index (Phi) is 2.67. The van der Waals surface area contributed by atoms with Gasteiger partial charge in [-0.2, -0.15) is 5.10 Å². The van der Waals surface area contributed by atoms with E-state index in [1.807, 2.05) is 0 Å². The Morgan fingerprint density at radius 2 is 2.06 bits per heavy atom. The summed E-state index contributed by atoms with van der Waals surface area (Å²) in [6.45, 7) is 5.57. The number of hydrogen-bond donors (Lipinski definition) is 1. The highest BCUT2D eigenvalue weighted by molar-refractivity contribution is 5.06. The molecule has 0 amide bonds. The average Bonchev–Trinajstić information content (AvgIpc) is 2.76. The quantitative estimate of drug-likeness (QED) is 0.782. The number of nitrogens with zero attached hydrogens (tertiary/aromatic N) is 3. The monoisotopic (exact) mass is 220 g/mol. The standard InChI is InChI=1S/C12H20N4/c1-9-3-2-8-16-12(9)14-11(15-16)10-4-6-13-7-5-10/h9-10,13H,2-8H2,1H3. The summed E-state index contributed by atoms with van der Waals surface area (Å²) < 4.78 is 2.14. The van der Waals surface area contributed by atoms with E-state index in [0.29, 0.717) is 11.8 Å². The third kappa shape index (κ3) is 1.75. The largest absolute Gasteiger partial charge is 0.317 e. The van der Waals surface area contributed by atoms with Crippen molar-refractivity contribution < 1.29 is 0 Å². The second-order valence-corrected chi connectivity index (χ2v) is 5.12. The maximum absolute atomic E-state index is 4.78. The van der Waals surface area contributed by atoms with Gasteiger partial charge >= 0.3 is 0 Å². The second kappa shape index (κ2) is 4.17. The summed E-state index contributed by atoms with van der Waals surface area (Å²) >= 11 is 0. The van der Waals surface area contributed by atoms with E-state index in [1.54, 1.807) is 0 Å². The number of aryl methyl sites for hydroxylation is 1. The van der Waals surface area contributed by atoms with Gasteiger partial charge < -0.3 is 5.32 Å². The molecule has 0 aliphatic carbocycles. The molecule has 1 unspecified atom stereocenters. The number of nitrogens with one attached hydrogen (secondary N) is 1. The van der Waals surface area contributed by atoms with Gasteiger partial charge in [-0.3, -0.25) is 0 Å². The minimum Gasteiger partial charge on any atom is -0.317 e. The lowest BCUT2D eigenvalue weighted by atomic mass is 9.97. The molecule has 4 nitrogen and oxygen atoms in total. The highest BCUT2D eigenvalue weighted by atomic mass is 15.4. The van der Waals surface area contributed by atoms with Crippen molar-refractivity contribution in [2.75, 3.05) is 13.1 Å². The predicted molar refractivity (Wildman–Crippen MR) is 62.5 cm³/mol. The Labute approximate surface area is 96.4 Å². The lowest BCUT2D eigenvalue weighted by Crippen LogP contribution is -2.27. The first-order valence-corrected chi connectivity index (χ1v) is 6.50. The van der Waals surface area contributed by atoms with Gasteiger partial charge in [0.2, 0.25) is 0 Å². The van der Waals surface area contributed by atoms with E-state index in [9.17, 15) is 0 Å². The predicted octanol–water partition coefficient (Wildman–Crippen LogP) is 1.64. The van der Waals surface area contributed by atoms with Gasteiger partial charge in [-0.15, -0.1) is 0 Å². The highest BCUT2D eigenvalue weighted by Crippen LogP contribution is 2.28. The number of hydrogen-bond acceptors (Lipinski definition) is 3. The van der Waals surface area contributed by atoms with Crippen LogP contribution in [0.1, 0.15) is 56.1 Å². The van der Waals surface area contributed by atoms with Gasteiger partial charge in [0.25, 0.3) is 0 Å². The van der Waals surface area contributed by atoms with Crippen LogP contribution in [0.2, 0.25) is 0 Å². The van der Waals surface area contributed by atoms with Gasteiger partial charge in [0, 0.05) is 18.4 Å². The molecule has 3 rings (SSSR count). The molecule has 1 N–H and O–H groups in total. The van der Waals surface area contributed by atoms with Crippen LogP contribution in [0, 0.1) is 0 Å². The average molecular weight is 220 g/mol. The first-order valence-electron chi connectivity index (χ1n) is 6.50. The van der Waals surface area contributed by atoms with Crippen LogP contribution < -0.4 is 5.32 Å². The first kappa shape index (κ1) is 10.3. The van der Waals surface area contributed by atoms with E-state index in [1.165, 1.54) is 31.5 Å². The Morgan fingerprint density at radius 3 is 2.81 bits per heavy atom. The minimum atomic E-state index is 0.589. The summed E-state index contributed by atoms with van der Waals surface area (Å²) in [6, 6.07) is 0. The SMILES string of the molecule is CC1CCCn2nc(C3CCNCC3)nc21. The first-order chi connectivity index (χ1) is 7.84. The summed E-state index contributed by atoms with van der Waals surface area (Å²) in [6.07, 6.45) is 4.91. The van der Waals surface area contributed by atoms with Crippen molar-refractivity contribution in [1.82, 2.24) is 20.1 Å². The molecule has 88 valence electrons. The van der Waals surface area contributed by atoms with Crippen molar-refractivity contribution in [2.24, 2.45) is 0 Å². The lowest BCUT2D eigenvalue weighted by molar-refractivity contribution is 0.423. The van der Waals surface area contributed by atoms with E-state index in [4.69, 9.17) is 10.1 Å². The summed E-state index contributed by atoms with van der Waals surface area (Å²) in [5.41, 5.74) is 0. The third-order valence-electron chi connectivity index (χ3n) is 3.87. The van der Waals surface area contributed by atoms with Gasteiger partial charge in [0.05, 0.1) is 0 Å². The van der Waals surface area contributed by atoms with Gasteiger partial charge in [0.15, 0.2) is 5.82 Å². The molecule has 1 atom stereocenters. The van der Waals surface area contributed by atoms with Crippen molar-refractivity contribution in [2.45, 2.75) is 51.0 Å². The van der Waals surface area contributed by atoms with Crippen LogP contribution in [-0.2, 0) is 6.54 Å². The van der Waals surface area contributed by atoms with E-state index in [2.05, 4.69) is 16.9 Å². The highest BCUT2D eigenvalue weighted by Gasteiger charge is 2.25. The van der Waals surface area contributed by atoms with Crippen LogP contribution in [0.15, 0.2) is 0 Å². The van der Waals surface area contributed by atoms with Gasteiger partial charge in [-0.05, 0) is 38.8 Å². The summed E-state index contributed by atoms with van der Waals surface area (Å²) in [4.78, 5) is 4.78. The molecule has 0 aromatic carbocycles. The minimum absolute atomic E-state index is 0.589. The normalized spacial score (nSPS) is 26.7. The molecule has 16 heavy (non-hydrogen) atoms. The van der Waals surface area contributed by atoms with Gasteiger partial charge in [-0.25, -0.2) is 9.67 Å². The van der Waals surface area contributed by atoms with E-state index < -0.39 is 0 Å². The van der Waals surface area contributed by atoms with Crippen LogP contribution in [-0.4, -0.2) is 27.9 Å². The lowest BCUT2D eigenvalue weighted by Gasteiger charge is -2.19. The van der Waals surface area contributed by atoms with E-state index in [0.717, 1.165) is 25.5 Å². The second-order valence-electron chi connectivity index (χ2n) is 5.12. The molecule has 1 aromatic rings. The summed E-state index contributed by atoms with van der Waals surface area (Å²) in [7, 11) is 0. The van der Waals surface area contributed by atoms with Gasteiger partial charge in [-0.1, -0.05) is 6.92 Å². The number of fused-ring (bicyclic) bond motifs is 1. The fourth-order valence-electron chi connectivity index (χ4n) is 2.83. The molecular weight excluding hydrogens is 200 g/mol. The molecule has 2 aliphatic rings. The number of rotatable bonds is 1. The van der Waals surface area contributed by atoms with Crippen LogP contribution in [0.3, 0.4) is 0 Å². The molecular formula is C12H20N4. The molecule has 0 bridgehead atoms. The van der Waals surface area contributed by atoms with E-state index >= 15 is 0 Å². The van der Waals surface area contributed by atoms with Gasteiger partial charge in [0.1, 0.15) is 5.82 Å². The van der Waals surface area contributed by atoms with Crippen LogP contribution in [0.5, 0.6) is 0 Å². The topological polar surface area (TPSA) is 42.7 Å². The van der Waals surface area contributed by atoms with Crippen LogP contribution in [0.25, 0.3) is 0 Å². The summed E-state index contributed by atoms with van der Waals surface area (Å²) in [5, 5.41) is 8.10. The van der Waals surface area contributed by atoms with Crippen molar-refractivity contribution in [3.05, 3.63) is 11.6 Å². The van der Waals surface area contributed by atoms with E-state index in [-0.39, 0.29) is 0 Å². The Bertz CT molecular complexity index is 365. The Morgan fingerprint density at radius 1 is 1.25 bits per heavy atom. The molecule has 2 aliphatic heterocycles. The molecule has 0 radical (unpaired) electrons. The molecule has 1 saturated heterocycles. The fraction of sp³-hybridized carbons (Fsp3) is 0.833. The Hall–Kier alpha value is -0.900. The maximum atomic E-state index is 4.78. The zero-order chi connectivity index (χ0) is 11.0. The van der Waals surface area contributed by atoms with Crippen molar-refractivity contribution >= 4 is 0 Å². The van der Waals surface area contributed by atoms with Crippen molar-refractivity contribution in [1.29, 1.82) is 0 Å². The zero-order valence-electron chi connectivity index (χ0n) is 9.95. The zero-order valence-corrected chi connectivity index (χ0v) is 9.95. The molecule has 3 heterocycles.